The molecular weight excluding hydrogens is 330 g/mol. The number of hydrogen-bond donors (Lipinski definition) is 2. The molecule has 134 valence electrons. The van der Waals surface area contributed by atoms with Gasteiger partial charge in [0, 0.05) is 18.9 Å². The van der Waals surface area contributed by atoms with Crippen LogP contribution in [-0.2, 0) is 10.3 Å². The highest BCUT2D eigenvalue weighted by Gasteiger charge is 2.38. The van der Waals surface area contributed by atoms with Gasteiger partial charge >= 0.3 is 0 Å². The first-order valence-corrected chi connectivity index (χ1v) is 8.40. The highest BCUT2D eigenvalue weighted by Crippen LogP contribution is 2.37. The number of anilines is 1. The van der Waals surface area contributed by atoms with Gasteiger partial charge in [0.05, 0.1) is 12.0 Å². The van der Waals surface area contributed by atoms with Gasteiger partial charge in [-0.2, -0.15) is 0 Å². The van der Waals surface area contributed by atoms with Gasteiger partial charge < -0.3 is 11.1 Å². The lowest BCUT2D eigenvalue weighted by Crippen LogP contribution is -2.48. The van der Waals surface area contributed by atoms with Gasteiger partial charge in [-0.1, -0.05) is 25.1 Å². The Kier molecular flexibility index (Phi) is 4.71. The molecular formula is C19H21N5O2. The molecule has 1 atom stereocenters. The quantitative estimate of drug-likeness (QED) is 0.881. The lowest BCUT2D eigenvalue weighted by atomic mass is 9.83. The maximum Gasteiger partial charge on any atom is 0.274 e. The van der Waals surface area contributed by atoms with E-state index in [0.29, 0.717) is 17.8 Å². The van der Waals surface area contributed by atoms with Crippen LogP contribution in [0.25, 0.3) is 0 Å². The van der Waals surface area contributed by atoms with Gasteiger partial charge in [0.2, 0.25) is 5.91 Å². The Labute approximate surface area is 151 Å². The average Bonchev–Trinajstić information content (AvgIpc) is 2.66. The van der Waals surface area contributed by atoms with Crippen molar-refractivity contribution in [1.82, 2.24) is 9.88 Å². The van der Waals surface area contributed by atoms with Crippen molar-refractivity contribution in [2.75, 3.05) is 12.4 Å². The van der Waals surface area contributed by atoms with Crippen molar-refractivity contribution in [2.24, 2.45) is 10.7 Å². The van der Waals surface area contributed by atoms with E-state index in [1.54, 1.807) is 37.5 Å². The van der Waals surface area contributed by atoms with Gasteiger partial charge in [-0.15, -0.1) is 0 Å². The number of amides is 2. The fourth-order valence-corrected chi connectivity index (χ4v) is 2.98. The van der Waals surface area contributed by atoms with Crippen LogP contribution in [0.5, 0.6) is 0 Å². The third-order valence-corrected chi connectivity index (χ3v) is 4.63. The van der Waals surface area contributed by atoms with E-state index in [4.69, 9.17) is 5.73 Å². The smallest absolute Gasteiger partial charge is 0.274 e. The van der Waals surface area contributed by atoms with Crippen molar-refractivity contribution in [3.63, 3.8) is 0 Å². The van der Waals surface area contributed by atoms with Crippen LogP contribution in [0, 0.1) is 0 Å². The number of nitrogens with one attached hydrogen (secondary N) is 1. The SMILES string of the molecule is CC[C@@]1(c2cccc(NC(=O)c3ccccn3)c2)CC(=O)N(C)C(N)=N1. The molecule has 1 aliphatic heterocycles. The van der Waals surface area contributed by atoms with E-state index in [1.165, 1.54) is 4.90 Å². The minimum Gasteiger partial charge on any atom is -0.369 e. The van der Waals surface area contributed by atoms with E-state index in [1.807, 2.05) is 25.1 Å². The van der Waals surface area contributed by atoms with Gasteiger partial charge in [-0.3, -0.25) is 19.5 Å². The molecule has 0 saturated heterocycles. The molecule has 0 unspecified atom stereocenters. The maximum absolute atomic E-state index is 12.3. The summed E-state index contributed by atoms with van der Waals surface area (Å²) < 4.78 is 0. The first kappa shape index (κ1) is 17.6. The monoisotopic (exact) mass is 351 g/mol. The number of aliphatic imine (C=N–C) groups is 1. The molecule has 2 amide bonds. The van der Waals surface area contributed by atoms with Crippen LogP contribution < -0.4 is 11.1 Å². The molecule has 1 aromatic heterocycles. The molecule has 26 heavy (non-hydrogen) atoms. The second-order valence-electron chi connectivity index (χ2n) is 6.23. The molecule has 2 aromatic rings. The van der Waals surface area contributed by atoms with Gasteiger partial charge in [-0.25, -0.2) is 4.99 Å². The summed E-state index contributed by atoms with van der Waals surface area (Å²) in [5, 5.41) is 2.83. The Morgan fingerprint density at radius 2 is 2.12 bits per heavy atom. The molecule has 3 rings (SSSR count). The lowest BCUT2D eigenvalue weighted by molar-refractivity contribution is -0.128. The van der Waals surface area contributed by atoms with E-state index in [2.05, 4.69) is 15.3 Å². The van der Waals surface area contributed by atoms with E-state index in [0.717, 1.165) is 5.56 Å². The fourth-order valence-electron chi connectivity index (χ4n) is 2.98. The number of nitrogens with zero attached hydrogens (tertiary/aromatic N) is 3. The normalized spacial score (nSPS) is 19.8. The van der Waals surface area contributed by atoms with Crippen LogP contribution in [0.3, 0.4) is 0 Å². The Hall–Kier alpha value is -3.22. The van der Waals surface area contributed by atoms with Crippen LogP contribution in [-0.4, -0.2) is 34.7 Å². The molecule has 0 spiro atoms. The largest absolute Gasteiger partial charge is 0.369 e. The second kappa shape index (κ2) is 6.95. The molecule has 0 saturated carbocycles. The Morgan fingerprint density at radius 1 is 1.31 bits per heavy atom. The average molecular weight is 351 g/mol. The fraction of sp³-hybridized carbons (Fsp3) is 0.263. The van der Waals surface area contributed by atoms with Gasteiger partial charge in [0.25, 0.3) is 5.91 Å². The zero-order valence-corrected chi connectivity index (χ0v) is 14.8. The molecule has 2 heterocycles. The molecule has 0 fully saturated rings. The molecule has 0 aliphatic carbocycles. The number of carbonyl (C=O) groups excluding carboxylic acids is 2. The topological polar surface area (TPSA) is 101 Å². The Bertz CT molecular complexity index is 865. The van der Waals surface area contributed by atoms with Crippen LogP contribution in [0.2, 0.25) is 0 Å². The summed E-state index contributed by atoms with van der Waals surface area (Å²) >= 11 is 0. The van der Waals surface area contributed by atoms with Crippen LogP contribution in [0.4, 0.5) is 5.69 Å². The van der Waals surface area contributed by atoms with Gasteiger partial charge in [0.15, 0.2) is 5.96 Å². The number of carbonyl (C=O) groups is 2. The van der Waals surface area contributed by atoms with Crippen molar-refractivity contribution in [2.45, 2.75) is 25.3 Å². The number of guanidine groups is 1. The lowest BCUT2D eigenvalue weighted by Gasteiger charge is -2.36. The minimum absolute atomic E-state index is 0.0812. The van der Waals surface area contributed by atoms with Crippen LogP contribution in [0.15, 0.2) is 53.7 Å². The summed E-state index contributed by atoms with van der Waals surface area (Å²) in [4.78, 5) is 34.6. The zero-order valence-electron chi connectivity index (χ0n) is 14.8. The summed E-state index contributed by atoms with van der Waals surface area (Å²) in [6.07, 6.45) is 2.42. The summed E-state index contributed by atoms with van der Waals surface area (Å²) in [5.41, 5.74) is 6.99. The highest BCUT2D eigenvalue weighted by molar-refractivity contribution is 6.03. The Balaban J connectivity index is 1.91. The molecule has 7 heteroatoms. The van der Waals surface area contributed by atoms with Crippen molar-refractivity contribution >= 4 is 23.5 Å². The summed E-state index contributed by atoms with van der Waals surface area (Å²) in [6, 6.07) is 12.5. The standard InChI is InChI=1S/C19H21N5O2/c1-3-19(12-16(25)24(2)18(20)23-19)13-7-6-8-14(11-13)22-17(26)15-9-4-5-10-21-15/h4-11H,3,12H2,1-2H3,(H2,20,23)(H,22,26)/t19-/m0/s1. The number of pyridine rings is 1. The zero-order chi connectivity index (χ0) is 18.7. The number of aromatic nitrogens is 1. The van der Waals surface area contributed by atoms with Crippen LogP contribution in [0.1, 0.15) is 35.8 Å². The number of rotatable bonds is 4. The second-order valence-corrected chi connectivity index (χ2v) is 6.23. The Morgan fingerprint density at radius 3 is 2.77 bits per heavy atom. The molecule has 3 N–H and O–H groups in total. The molecule has 1 aliphatic rings. The number of nitrogens with two attached hydrogens (primary N) is 1. The molecule has 1 aromatic carbocycles. The third-order valence-electron chi connectivity index (χ3n) is 4.63. The van der Waals surface area contributed by atoms with Crippen molar-refractivity contribution < 1.29 is 9.59 Å². The first-order chi connectivity index (χ1) is 12.4. The van der Waals surface area contributed by atoms with E-state index >= 15 is 0 Å². The van der Waals surface area contributed by atoms with Gasteiger partial charge in [0.1, 0.15) is 5.69 Å². The first-order valence-electron chi connectivity index (χ1n) is 8.40. The summed E-state index contributed by atoms with van der Waals surface area (Å²) in [5.74, 6) is -0.177. The molecule has 0 radical (unpaired) electrons. The highest BCUT2D eigenvalue weighted by atomic mass is 16.2. The van der Waals surface area contributed by atoms with E-state index < -0.39 is 5.54 Å². The molecule has 7 nitrogen and oxygen atoms in total. The minimum atomic E-state index is -0.723. The van der Waals surface area contributed by atoms with Crippen LogP contribution >= 0.6 is 0 Å². The van der Waals surface area contributed by atoms with Crippen molar-refractivity contribution in [3.05, 3.63) is 59.9 Å². The van der Waals surface area contributed by atoms with E-state index in [-0.39, 0.29) is 24.2 Å². The predicted octanol–water partition coefficient (Wildman–Crippen LogP) is 2.12. The van der Waals surface area contributed by atoms with E-state index in [9.17, 15) is 9.59 Å². The maximum atomic E-state index is 12.3. The number of benzene rings is 1. The summed E-state index contributed by atoms with van der Waals surface area (Å²) in [7, 11) is 1.62. The van der Waals surface area contributed by atoms with Crippen molar-refractivity contribution in [3.8, 4) is 0 Å². The molecule has 0 bridgehead atoms. The third kappa shape index (κ3) is 3.28. The van der Waals surface area contributed by atoms with Gasteiger partial charge in [-0.05, 0) is 36.2 Å². The summed E-state index contributed by atoms with van der Waals surface area (Å²) in [6.45, 7) is 1.97. The predicted molar refractivity (Wildman–Crippen MR) is 99.6 cm³/mol. The van der Waals surface area contributed by atoms with Crippen molar-refractivity contribution in [1.29, 1.82) is 0 Å². The number of hydrogen-bond acceptors (Lipinski definition) is 5.